The van der Waals surface area contributed by atoms with Crippen LogP contribution in [0.3, 0.4) is 0 Å². The molecule has 28 heavy (non-hydrogen) atoms. The summed E-state index contributed by atoms with van der Waals surface area (Å²) in [4.78, 5) is 38.0. The fourth-order valence-corrected chi connectivity index (χ4v) is 3.34. The molecule has 0 spiro atoms. The number of carboxylic acid groups (broad SMARTS) is 1. The maximum absolute atomic E-state index is 13.0. The van der Waals surface area contributed by atoms with Gasteiger partial charge in [0, 0.05) is 23.8 Å². The number of carbonyl (C=O) groups excluding carboxylic acids is 2. The Morgan fingerprint density at radius 1 is 1.07 bits per heavy atom. The Kier molecular flexibility index (Phi) is 5.63. The van der Waals surface area contributed by atoms with Crippen molar-refractivity contribution in [1.82, 2.24) is 10.2 Å². The van der Waals surface area contributed by atoms with Crippen LogP contribution >= 0.6 is 0 Å². The van der Waals surface area contributed by atoms with E-state index < -0.39 is 12.0 Å². The lowest BCUT2D eigenvalue weighted by Crippen LogP contribution is -2.43. The van der Waals surface area contributed by atoms with Crippen molar-refractivity contribution in [2.75, 3.05) is 11.9 Å². The van der Waals surface area contributed by atoms with Crippen LogP contribution in [0.25, 0.3) is 0 Å². The van der Waals surface area contributed by atoms with Crippen molar-refractivity contribution in [1.29, 1.82) is 0 Å². The van der Waals surface area contributed by atoms with Crippen molar-refractivity contribution in [2.24, 2.45) is 0 Å². The van der Waals surface area contributed by atoms with Crippen LogP contribution in [0.4, 0.5) is 10.5 Å². The molecule has 2 aromatic rings. The normalized spacial score (nSPS) is 15.7. The molecular formula is C21H23N3O4. The number of aliphatic carboxylic acids is 1. The molecule has 0 fully saturated rings. The summed E-state index contributed by atoms with van der Waals surface area (Å²) >= 11 is 0. The zero-order valence-electron chi connectivity index (χ0n) is 15.8. The van der Waals surface area contributed by atoms with Crippen molar-refractivity contribution < 1.29 is 19.5 Å². The molecule has 7 heteroatoms. The minimum atomic E-state index is -1.05. The first-order chi connectivity index (χ1) is 13.4. The predicted octanol–water partition coefficient (Wildman–Crippen LogP) is 3.04. The lowest BCUT2D eigenvalue weighted by molar-refractivity contribution is -0.143. The van der Waals surface area contributed by atoms with Gasteiger partial charge in [0.2, 0.25) is 0 Å². The van der Waals surface area contributed by atoms with Gasteiger partial charge in [-0.3, -0.25) is 4.79 Å². The van der Waals surface area contributed by atoms with Gasteiger partial charge in [-0.2, -0.15) is 0 Å². The molecule has 0 aromatic heterocycles. The second-order valence-corrected chi connectivity index (χ2v) is 7.02. The van der Waals surface area contributed by atoms with E-state index in [1.54, 1.807) is 36.4 Å². The Labute approximate surface area is 163 Å². The van der Waals surface area contributed by atoms with E-state index in [1.165, 1.54) is 4.90 Å². The highest BCUT2D eigenvalue weighted by Crippen LogP contribution is 2.31. The maximum Gasteiger partial charge on any atom is 0.331 e. The minimum absolute atomic E-state index is 0.00998. The monoisotopic (exact) mass is 381 g/mol. The molecular weight excluding hydrogens is 358 g/mol. The van der Waals surface area contributed by atoms with Crippen LogP contribution in [0.5, 0.6) is 0 Å². The zero-order valence-corrected chi connectivity index (χ0v) is 15.8. The Bertz CT molecular complexity index is 893. The number of anilines is 1. The number of carboxylic acids is 1. The number of amides is 3. The van der Waals surface area contributed by atoms with Gasteiger partial charge in [0.15, 0.2) is 6.04 Å². The van der Waals surface area contributed by atoms with Crippen molar-refractivity contribution >= 4 is 23.6 Å². The number of rotatable bonds is 4. The fourth-order valence-electron chi connectivity index (χ4n) is 3.34. The molecule has 2 aromatic carbocycles. The third-order valence-corrected chi connectivity index (χ3v) is 4.59. The van der Waals surface area contributed by atoms with E-state index in [2.05, 4.69) is 10.6 Å². The Morgan fingerprint density at radius 2 is 1.75 bits per heavy atom. The average molecular weight is 381 g/mol. The van der Waals surface area contributed by atoms with E-state index >= 15 is 0 Å². The second kappa shape index (κ2) is 8.12. The highest BCUT2D eigenvalue weighted by atomic mass is 16.4. The van der Waals surface area contributed by atoms with Crippen LogP contribution in [-0.2, 0) is 11.2 Å². The number of hydrogen-bond donors (Lipinski definition) is 3. The first kappa shape index (κ1) is 19.4. The van der Waals surface area contributed by atoms with Crippen molar-refractivity contribution in [2.45, 2.75) is 32.4 Å². The lowest BCUT2D eigenvalue weighted by atomic mass is 9.92. The number of fused-ring (bicyclic) bond motifs is 1. The first-order valence-electron chi connectivity index (χ1n) is 9.16. The van der Waals surface area contributed by atoms with Crippen LogP contribution in [0.15, 0.2) is 48.5 Å². The van der Waals surface area contributed by atoms with Gasteiger partial charge in [0.25, 0.3) is 5.91 Å². The first-order valence-corrected chi connectivity index (χ1v) is 9.16. The molecule has 146 valence electrons. The fraction of sp³-hybridized carbons (Fsp3) is 0.286. The van der Waals surface area contributed by atoms with E-state index in [1.807, 2.05) is 26.0 Å². The summed E-state index contributed by atoms with van der Waals surface area (Å²) < 4.78 is 0. The van der Waals surface area contributed by atoms with Gasteiger partial charge < -0.3 is 20.6 Å². The van der Waals surface area contributed by atoms with Crippen molar-refractivity contribution in [3.63, 3.8) is 0 Å². The summed E-state index contributed by atoms with van der Waals surface area (Å²) in [5.74, 6) is -1.40. The van der Waals surface area contributed by atoms with Gasteiger partial charge in [-0.05, 0) is 55.7 Å². The summed E-state index contributed by atoms with van der Waals surface area (Å²) in [6.07, 6.45) is 0.612. The van der Waals surface area contributed by atoms with Gasteiger partial charge in [0.1, 0.15) is 0 Å². The van der Waals surface area contributed by atoms with E-state index in [0.29, 0.717) is 29.8 Å². The lowest BCUT2D eigenvalue weighted by Gasteiger charge is -2.34. The summed E-state index contributed by atoms with van der Waals surface area (Å²) in [5.41, 5.74) is 2.53. The molecule has 0 radical (unpaired) electrons. The van der Waals surface area contributed by atoms with Crippen LogP contribution in [-0.4, -0.2) is 40.5 Å². The smallest absolute Gasteiger partial charge is 0.331 e. The number of benzene rings is 2. The van der Waals surface area contributed by atoms with Crippen molar-refractivity contribution in [3.05, 3.63) is 65.2 Å². The molecule has 1 heterocycles. The van der Waals surface area contributed by atoms with Gasteiger partial charge in [-0.25, -0.2) is 9.59 Å². The molecule has 7 nitrogen and oxygen atoms in total. The van der Waals surface area contributed by atoms with Gasteiger partial charge in [-0.1, -0.05) is 24.3 Å². The molecule has 0 saturated heterocycles. The molecule has 1 aliphatic heterocycles. The molecule has 0 aliphatic carbocycles. The van der Waals surface area contributed by atoms with Gasteiger partial charge in [0.05, 0.1) is 0 Å². The van der Waals surface area contributed by atoms with Gasteiger partial charge in [-0.15, -0.1) is 0 Å². The molecule has 1 unspecified atom stereocenters. The van der Waals surface area contributed by atoms with Crippen LogP contribution in [0.1, 0.15) is 41.4 Å². The SMILES string of the molecule is CC(C)NC(=O)Nc1ccc(C(=O)N2CCc3ccccc3C2C(=O)O)cc1. The maximum atomic E-state index is 13.0. The summed E-state index contributed by atoms with van der Waals surface area (Å²) in [6, 6.07) is 12.4. The largest absolute Gasteiger partial charge is 0.479 e. The Hall–Kier alpha value is -3.35. The molecule has 0 bridgehead atoms. The molecule has 1 atom stereocenters. The highest BCUT2D eigenvalue weighted by molar-refractivity contribution is 5.98. The van der Waals surface area contributed by atoms with E-state index in [0.717, 1.165) is 5.56 Å². The summed E-state index contributed by atoms with van der Waals surface area (Å²) in [6.45, 7) is 4.05. The molecule has 3 amide bonds. The zero-order chi connectivity index (χ0) is 20.3. The minimum Gasteiger partial charge on any atom is -0.479 e. The van der Waals surface area contributed by atoms with Crippen LogP contribution in [0.2, 0.25) is 0 Å². The number of nitrogens with zero attached hydrogens (tertiary/aromatic N) is 1. The molecule has 3 rings (SSSR count). The topological polar surface area (TPSA) is 98.7 Å². The summed E-state index contributed by atoms with van der Waals surface area (Å²) in [7, 11) is 0. The Balaban J connectivity index is 1.78. The third-order valence-electron chi connectivity index (χ3n) is 4.59. The molecule has 0 saturated carbocycles. The standard InChI is InChI=1S/C21H23N3O4/c1-13(2)22-21(28)23-16-9-7-15(8-10-16)19(25)24-12-11-14-5-3-4-6-17(14)18(24)20(26)27/h3-10,13,18H,11-12H2,1-2H3,(H,26,27)(H2,22,23,28). The summed E-state index contributed by atoms with van der Waals surface area (Å²) in [5, 5.41) is 15.1. The van der Waals surface area contributed by atoms with E-state index in [9.17, 15) is 19.5 Å². The van der Waals surface area contributed by atoms with E-state index in [4.69, 9.17) is 0 Å². The predicted molar refractivity (Wildman–Crippen MR) is 105 cm³/mol. The third kappa shape index (κ3) is 4.14. The van der Waals surface area contributed by atoms with Crippen LogP contribution < -0.4 is 10.6 Å². The quantitative estimate of drug-likeness (QED) is 0.758. The number of urea groups is 1. The van der Waals surface area contributed by atoms with Crippen LogP contribution in [0, 0.1) is 0 Å². The molecule has 1 aliphatic rings. The molecule has 3 N–H and O–H groups in total. The Morgan fingerprint density at radius 3 is 2.39 bits per heavy atom. The highest BCUT2D eigenvalue weighted by Gasteiger charge is 2.36. The number of nitrogens with one attached hydrogen (secondary N) is 2. The van der Waals surface area contributed by atoms with Crippen molar-refractivity contribution in [3.8, 4) is 0 Å². The number of hydrogen-bond acceptors (Lipinski definition) is 3. The van der Waals surface area contributed by atoms with Gasteiger partial charge >= 0.3 is 12.0 Å². The number of carbonyl (C=O) groups is 3. The van der Waals surface area contributed by atoms with E-state index in [-0.39, 0.29) is 18.0 Å². The second-order valence-electron chi connectivity index (χ2n) is 7.02. The average Bonchev–Trinajstić information content (AvgIpc) is 2.66.